The van der Waals surface area contributed by atoms with Gasteiger partial charge in [0.2, 0.25) is 10.0 Å². The van der Waals surface area contributed by atoms with E-state index in [1.54, 1.807) is 4.31 Å². The lowest BCUT2D eigenvalue weighted by molar-refractivity contribution is 0.115. The predicted molar refractivity (Wildman–Crippen MR) is 119 cm³/mol. The zero-order valence-corrected chi connectivity index (χ0v) is 19.6. The third-order valence-electron chi connectivity index (χ3n) is 5.88. The van der Waals surface area contributed by atoms with Gasteiger partial charge in [0.15, 0.2) is 11.5 Å². The first kappa shape index (κ1) is 24.3. The second-order valence-corrected chi connectivity index (χ2v) is 10.4. The molecule has 2 aliphatic rings. The van der Waals surface area contributed by atoms with Crippen molar-refractivity contribution in [2.45, 2.75) is 52.1 Å². The second kappa shape index (κ2) is 10.3. The van der Waals surface area contributed by atoms with Crippen molar-refractivity contribution in [2.24, 2.45) is 5.92 Å². The van der Waals surface area contributed by atoms with Crippen LogP contribution in [0.2, 0.25) is 0 Å². The smallest absolute Gasteiger partial charge is 0.211 e. The van der Waals surface area contributed by atoms with Crippen molar-refractivity contribution < 1.29 is 17.9 Å². The first-order valence-corrected chi connectivity index (χ1v) is 12.2. The summed E-state index contributed by atoms with van der Waals surface area (Å²) in [6.45, 7) is 10.3. The van der Waals surface area contributed by atoms with Crippen LogP contribution >= 0.6 is 12.4 Å². The van der Waals surface area contributed by atoms with E-state index < -0.39 is 10.0 Å². The van der Waals surface area contributed by atoms with Gasteiger partial charge >= 0.3 is 0 Å². The van der Waals surface area contributed by atoms with Gasteiger partial charge in [0, 0.05) is 31.7 Å². The van der Waals surface area contributed by atoms with Crippen LogP contribution in [0.25, 0.3) is 0 Å². The molecule has 1 fully saturated rings. The highest BCUT2D eigenvalue weighted by Crippen LogP contribution is 2.31. The summed E-state index contributed by atoms with van der Waals surface area (Å²) in [4.78, 5) is 2.55. The molecule has 1 aromatic carbocycles. The molecular weight excluding hydrogens is 412 g/mol. The van der Waals surface area contributed by atoms with Crippen LogP contribution in [0.4, 0.5) is 0 Å². The SMILES string of the molecule is CC(C)N(CC1CCN(S(C)(=O)=O)CC1)C(C)Cc1ccc2c(c1)OCCO2.Cl. The molecular formula is C21H35ClN2O4S. The maximum absolute atomic E-state index is 11.7. The van der Waals surface area contributed by atoms with E-state index in [9.17, 15) is 8.42 Å². The average molecular weight is 447 g/mol. The maximum atomic E-state index is 11.7. The van der Waals surface area contributed by atoms with Crippen LogP contribution in [-0.2, 0) is 16.4 Å². The summed E-state index contributed by atoms with van der Waals surface area (Å²) >= 11 is 0. The quantitative estimate of drug-likeness (QED) is 0.643. The summed E-state index contributed by atoms with van der Waals surface area (Å²) in [5, 5.41) is 0. The average Bonchev–Trinajstić information content (AvgIpc) is 2.65. The van der Waals surface area contributed by atoms with Crippen molar-refractivity contribution in [1.29, 1.82) is 0 Å². The Morgan fingerprint density at radius 1 is 1.10 bits per heavy atom. The summed E-state index contributed by atoms with van der Waals surface area (Å²) in [5.41, 5.74) is 1.26. The van der Waals surface area contributed by atoms with Crippen molar-refractivity contribution in [1.82, 2.24) is 9.21 Å². The van der Waals surface area contributed by atoms with Crippen molar-refractivity contribution >= 4 is 22.4 Å². The number of piperidine rings is 1. The lowest BCUT2D eigenvalue weighted by Crippen LogP contribution is -2.46. The normalized spacial score (nSPS) is 19.2. The molecule has 1 aromatic rings. The topological polar surface area (TPSA) is 59.1 Å². The number of halogens is 1. The number of hydrogen-bond acceptors (Lipinski definition) is 5. The molecule has 1 atom stereocenters. The number of sulfonamides is 1. The second-order valence-electron chi connectivity index (χ2n) is 8.43. The van der Waals surface area contributed by atoms with E-state index in [4.69, 9.17) is 9.47 Å². The van der Waals surface area contributed by atoms with Gasteiger partial charge in [0.25, 0.3) is 0 Å². The first-order valence-electron chi connectivity index (χ1n) is 10.3. The van der Waals surface area contributed by atoms with E-state index in [2.05, 4.69) is 37.8 Å². The molecule has 1 unspecified atom stereocenters. The molecule has 1 saturated heterocycles. The summed E-state index contributed by atoms with van der Waals surface area (Å²) in [7, 11) is -3.06. The molecule has 0 spiro atoms. The van der Waals surface area contributed by atoms with Gasteiger partial charge < -0.3 is 9.47 Å². The van der Waals surface area contributed by atoms with E-state index >= 15 is 0 Å². The molecule has 0 saturated carbocycles. The molecule has 6 nitrogen and oxygen atoms in total. The highest BCUT2D eigenvalue weighted by Gasteiger charge is 2.28. The highest BCUT2D eigenvalue weighted by atomic mass is 35.5. The third-order valence-corrected chi connectivity index (χ3v) is 7.18. The Morgan fingerprint density at radius 3 is 2.31 bits per heavy atom. The van der Waals surface area contributed by atoms with E-state index in [1.165, 1.54) is 11.8 Å². The van der Waals surface area contributed by atoms with Gasteiger partial charge in [0.05, 0.1) is 6.26 Å². The number of benzene rings is 1. The van der Waals surface area contributed by atoms with Gasteiger partial charge in [-0.05, 0) is 63.6 Å². The molecule has 0 bridgehead atoms. The van der Waals surface area contributed by atoms with Gasteiger partial charge in [-0.3, -0.25) is 4.90 Å². The molecule has 0 N–H and O–H groups in total. The van der Waals surface area contributed by atoms with E-state index in [1.807, 2.05) is 6.07 Å². The third kappa shape index (κ3) is 6.48. The van der Waals surface area contributed by atoms with Crippen LogP contribution in [0.15, 0.2) is 18.2 Å². The molecule has 0 amide bonds. The number of hydrogen-bond donors (Lipinski definition) is 0. The number of nitrogens with zero attached hydrogens (tertiary/aromatic N) is 2. The van der Waals surface area contributed by atoms with Crippen LogP contribution < -0.4 is 9.47 Å². The molecule has 0 radical (unpaired) electrons. The molecule has 2 heterocycles. The highest BCUT2D eigenvalue weighted by molar-refractivity contribution is 7.88. The Labute approximate surface area is 182 Å². The van der Waals surface area contributed by atoms with E-state index in [0.717, 1.165) is 37.3 Å². The van der Waals surface area contributed by atoms with Crippen LogP contribution in [0.1, 0.15) is 39.2 Å². The Hall–Kier alpha value is -1.02. The van der Waals surface area contributed by atoms with Crippen molar-refractivity contribution in [3.05, 3.63) is 23.8 Å². The monoisotopic (exact) mass is 446 g/mol. The lowest BCUT2D eigenvalue weighted by Gasteiger charge is -2.38. The molecule has 0 aliphatic carbocycles. The van der Waals surface area contributed by atoms with Gasteiger partial charge in [-0.15, -0.1) is 12.4 Å². The van der Waals surface area contributed by atoms with Gasteiger partial charge in [0.1, 0.15) is 13.2 Å². The fraction of sp³-hybridized carbons (Fsp3) is 0.714. The molecule has 3 rings (SSSR count). The fourth-order valence-corrected chi connectivity index (χ4v) is 5.17. The Bertz CT molecular complexity index is 764. The van der Waals surface area contributed by atoms with Gasteiger partial charge in [-0.1, -0.05) is 6.07 Å². The predicted octanol–water partition coefficient (Wildman–Crippen LogP) is 3.19. The van der Waals surface area contributed by atoms with E-state index in [-0.39, 0.29) is 12.4 Å². The molecule has 2 aliphatic heterocycles. The minimum absolute atomic E-state index is 0. The molecule has 166 valence electrons. The Morgan fingerprint density at radius 2 is 1.72 bits per heavy atom. The summed E-state index contributed by atoms with van der Waals surface area (Å²) in [5.74, 6) is 2.23. The number of rotatable bonds is 7. The molecule has 29 heavy (non-hydrogen) atoms. The van der Waals surface area contributed by atoms with Crippen molar-refractivity contribution in [3.8, 4) is 11.5 Å². The van der Waals surface area contributed by atoms with Crippen molar-refractivity contribution in [3.63, 3.8) is 0 Å². The van der Waals surface area contributed by atoms with Crippen molar-refractivity contribution in [2.75, 3.05) is 39.1 Å². The first-order chi connectivity index (χ1) is 13.2. The summed E-state index contributed by atoms with van der Waals surface area (Å²) in [6, 6.07) is 7.09. The standard InChI is InChI=1S/C21H34N2O4S.ClH/c1-16(2)23(15-18-7-9-22(10-8-18)28(4,24)25)17(3)13-19-5-6-20-21(14-19)27-12-11-26-20;/h5-6,14,16-18H,7-13,15H2,1-4H3;1H. The number of ether oxygens (including phenoxy) is 2. The maximum Gasteiger partial charge on any atom is 0.211 e. The Balaban J connectivity index is 0.00000300. The minimum Gasteiger partial charge on any atom is -0.486 e. The van der Waals surface area contributed by atoms with Gasteiger partial charge in [-0.25, -0.2) is 12.7 Å². The zero-order chi connectivity index (χ0) is 20.3. The van der Waals surface area contributed by atoms with Crippen LogP contribution in [0.5, 0.6) is 11.5 Å². The molecule has 8 heteroatoms. The lowest BCUT2D eigenvalue weighted by atomic mass is 9.95. The minimum atomic E-state index is -3.06. The number of fused-ring (bicyclic) bond motifs is 1. The fourth-order valence-electron chi connectivity index (χ4n) is 4.29. The van der Waals surface area contributed by atoms with Crippen LogP contribution in [-0.4, -0.2) is 68.8 Å². The van der Waals surface area contributed by atoms with Crippen LogP contribution in [0.3, 0.4) is 0 Å². The zero-order valence-electron chi connectivity index (χ0n) is 18.0. The van der Waals surface area contributed by atoms with Crippen LogP contribution in [0, 0.1) is 5.92 Å². The largest absolute Gasteiger partial charge is 0.486 e. The van der Waals surface area contributed by atoms with E-state index in [0.29, 0.717) is 44.3 Å². The summed E-state index contributed by atoms with van der Waals surface area (Å²) in [6.07, 6.45) is 4.14. The van der Waals surface area contributed by atoms with Gasteiger partial charge in [-0.2, -0.15) is 0 Å². The Kier molecular flexibility index (Phi) is 8.64. The molecule has 0 aromatic heterocycles. The summed E-state index contributed by atoms with van der Waals surface area (Å²) < 4.78 is 36.4.